The Labute approximate surface area is 115 Å². The fraction of sp³-hybridized carbons (Fsp3) is 0.154. The average Bonchev–Trinajstić information content (AvgIpc) is 3.04. The van der Waals surface area contributed by atoms with E-state index in [1.807, 2.05) is 37.4 Å². The summed E-state index contributed by atoms with van der Waals surface area (Å²) < 4.78 is 1.45. The van der Waals surface area contributed by atoms with Crippen molar-refractivity contribution in [1.82, 2.24) is 15.2 Å². The Kier molecular flexibility index (Phi) is 3.08. The van der Waals surface area contributed by atoms with Gasteiger partial charge >= 0.3 is 5.95 Å². The van der Waals surface area contributed by atoms with Gasteiger partial charge in [0.1, 0.15) is 0 Å². The summed E-state index contributed by atoms with van der Waals surface area (Å²) in [6.45, 7) is 2.00. The Balaban J connectivity index is 1.79. The molecule has 2 heterocycles. The van der Waals surface area contributed by atoms with Gasteiger partial charge in [0.15, 0.2) is 0 Å². The quantitative estimate of drug-likeness (QED) is 0.245. The molecule has 0 aliphatic carbocycles. The number of nitrogens with zero attached hydrogens (tertiary/aromatic N) is 3. The minimum Gasteiger partial charge on any atom is -0.361 e. The van der Waals surface area contributed by atoms with E-state index < -0.39 is 0 Å². The van der Waals surface area contributed by atoms with E-state index in [-0.39, 0.29) is 0 Å². The van der Waals surface area contributed by atoms with E-state index in [4.69, 9.17) is 5.84 Å². The number of hydrogen-bond donors (Lipinski definition) is 4. The van der Waals surface area contributed by atoms with Crippen LogP contribution in [0.25, 0.3) is 10.9 Å². The van der Waals surface area contributed by atoms with Gasteiger partial charge in [-0.2, -0.15) is 10.5 Å². The number of nitrogens with two attached hydrogens (primary N) is 1. The van der Waals surface area contributed by atoms with Crippen LogP contribution in [0.3, 0.4) is 0 Å². The third kappa shape index (κ3) is 2.09. The summed E-state index contributed by atoms with van der Waals surface area (Å²) in [6.07, 6.45) is 4.42. The number of aromatic amines is 2. The molecule has 102 valence electrons. The van der Waals surface area contributed by atoms with Crippen LogP contribution in [0.1, 0.15) is 18.3 Å². The minimum absolute atomic E-state index is 0.470. The summed E-state index contributed by atoms with van der Waals surface area (Å²) in [7, 11) is 0. The average molecular weight is 270 g/mol. The van der Waals surface area contributed by atoms with Crippen LogP contribution in [0.2, 0.25) is 0 Å². The Morgan fingerprint density at radius 3 is 3.10 bits per heavy atom. The number of hydrazone groups is 1. The Morgan fingerprint density at radius 2 is 2.30 bits per heavy atom. The van der Waals surface area contributed by atoms with Crippen LogP contribution in [0.15, 0.2) is 35.6 Å². The number of fused-ring (bicyclic) bond motifs is 1. The van der Waals surface area contributed by atoms with Gasteiger partial charge in [0, 0.05) is 34.2 Å². The first-order valence-electron chi connectivity index (χ1n) is 6.39. The molecule has 0 aliphatic heterocycles. The van der Waals surface area contributed by atoms with Crippen molar-refractivity contribution in [3.8, 4) is 0 Å². The maximum Gasteiger partial charge on any atom is 0.421 e. The highest BCUT2D eigenvalue weighted by atomic mass is 15.5. The van der Waals surface area contributed by atoms with Crippen molar-refractivity contribution in [1.29, 1.82) is 0 Å². The zero-order valence-corrected chi connectivity index (χ0v) is 11.1. The molecule has 7 heteroatoms. The molecular weight excluding hydrogens is 254 g/mol. The monoisotopic (exact) mass is 270 g/mol. The van der Waals surface area contributed by atoms with Crippen molar-refractivity contribution < 1.29 is 4.68 Å². The van der Waals surface area contributed by atoms with Crippen molar-refractivity contribution >= 4 is 23.1 Å². The second-order valence-electron chi connectivity index (χ2n) is 4.38. The molecule has 7 nitrogen and oxygen atoms in total. The fourth-order valence-corrected chi connectivity index (χ4v) is 2.04. The highest BCUT2D eigenvalue weighted by Gasteiger charge is 2.14. The van der Waals surface area contributed by atoms with Gasteiger partial charge in [0.25, 0.3) is 0 Å². The van der Waals surface area contributed by atoms with Crippen LogP contribution in [-0.2, 0) is 6.42 Å². The van der Waals surface area contributed by atoms with Crippen LogP contribution < -0.4 is 15.9 Å². The van der Waals surface area contributed by atoms with E-state index in [1.165, 1.54) is 4.68 Å². The van der Waals surface area contributed by atoms with Gasteiger partial charge in [0.05, 0.1) is 6.21 Å². The molecule has 2 aromatic heterocycles. The Morgan fingerprint density at radius 1 is 1.45 bits per heavy atom. The number of benzene rings is 1. The largest absolute Gasteiger partial charge is 0.421 e. The van der Waals surface area contributed by atoms with E-state index in [0.29, 0.717) is 5.95 Å². The molecule has 0 bridgehead atoms. The van der Waals surface area contributed by atoms with Gasteiger partial charge < -0.3 is 4.98 Å². The fourth-order valence-electron chi connectivity index (χ4n) is 2.04. The first-order valence-corrected chi connectivity index (χ1v) is 6.39. The first kappa shape index (κ1) is 12.2. The van der Waals surface area contributed by atoms with Gasteiger partial charge in [0.2, 0.25) is 5.82 Å². The predicted molar refractivity (Wildman–Crippen MR) is 77.8 cm³/mol. The molecule has 20 heavy (non-hydrogen) atoms. The molecule has 0 saturated carbocycles. The van der Waals surface area contributed by atoms with Crippen LogP contribution in [0.4, 0.5) is 5.95 Å². The first-order chi connectivity index (χ1) is 9.79. The zero-order chi connectivity index (χ0) is 13.9. The van der Waals surface area contributed by atoms with Crippen molar-refractivity contribution in [2.75, 3.05) is 11.3 Å². The molecule has 0 unspecified atom stereocenters. The van der Waals surface area contributed by atoms with Gasteiger partial charge in [-0.15, -0.1) is 9.78 Å². The maximum absolute atomic E-state index is 5.84. The van der Waals surface area contributed by atoms with Gasteiger partial charge in [-0.05, 0) is 6.07 Å². The normalized spacial score (nSPS) is 11.4. The predicted octanol–water partition coefficient (Wildman–Crippen LogP) is 0.901. The van der Waals surface area contributed by atoms with Gasteiger partial charge in [-0.25, -0.2) is 0 Å². The maximum atomic E-state index is 5.84. The molecule has 0 amide bonds. The molecule has 0 atom stereocenters. The minimum atomic E-state index is 0.470. The lowest BCUT2D eigenvalue weighted by Crippen LogP contribution is -2.48. The molecule has 0 spiro atoms. The smallest absolute Gasteiger partial charge is 0.361 e. The lowest BCUT2D eigenvalue weighted by Gasteiger charge is -1.93. The Hall–Kier alpha value is -2.83. The summed E-state index contributed by atoms with van der Waals surface area (Å²) in [5.41, 5.74) is 4.90. The lowest BCUT2D eigenvalue weighted by atomic mass is 10.2. The lowest BCUT2D eigenvalue weighted by molar-refractivity contribution is -0.632. The number of H-pyrrole nitrogens is 2. The highest BCUT2D eigenvalue weighted by Crippen LogP contribution is 2.15. The number of aryl methyl sites for hydroxylation is 1. The highest BCUT2D eigenvalue weighted by molar-refractivity contribution is 5.99. The molecule has 1 aromatic carbocycles. The van der Waals surface area contributed by atoms with E-state index in [1.54, 1.807) is 6.21 Å². The van der Waals surface area contributed by atoms with Crippen LogP contribution in [-0.4, -0.2) is 21.4 Å². The van der Waals surface area contributed by atoms with E-state index in [2.05, 4.69) is 25.7 Å². The molecule has 0 fully saturated rings. The van der Waals surface area contributed by atoms with E-state index in [9.17, 15) is 0 Å². The molecule has 5 N–H and O–H groups in total. The van der Waals surface area contributed by atoms with Crippen molar-refractivity contribution in [2.24, 2.45) is 5.10 Å². The van der Waals surface area contributed by atoms with Crippen molar-refractivity contribution in [3.05, 3.63) is 41.9 Å². The summed E-state index contributed by atoms with van der Waals surface area (Å²) in [5.74, 6) is 7.14. The van der Waals surface area contributed by atoms with E-state index in [0.717, 1.165) is 28.7 Å². The number of hydrogen-bond acceptors (Lipinski definition) is 4. The zero-order valence-electron chi connectivity index (χ0n) is 11.1. The van der Waals surface area contributed by atoms with Crippen molar-refractivity contribution in [3.63, 3.8) is 0 Å². The Bertz CT molecular complexity index is 753. The summed E-state index contributed by atoms with van der Waals surface area (Å²) in [4.78, 5) is 3.19. The third-order valence-corrected chi connectivity index (χ3v) is 3.13. The molecule has 0 radical (unpaired) electrons. The number of aromatic nitrogens is 4. The van der Waals surface area contributed by atoms with Crippen LogP contribution in [0, 0.1) is 0 Å². The molecule has 3 aromatic rings. The van der Waals surface area contributed by atoms with Gasteiger partial charge in [-0.3, -0.25) is 5.84 Å². The second kappa shape index (κ2) is 5.04. The summed E-state index contributed by atoms with van der Waals surface area (Å²) in [5, 5.41) is 12.2. The van der Waals surface area contributed by atoms with E-state index >= 15 is 0 Å². The van der Waals surface area contributed by atoms with Gasteiger partial charge in [-0.1, -0.05) is 25.1 Å². The molecular formula is C13H16N7+. The number of rotatable bonds is 4. The molecule has 0 saturated heterocycles. The summed E-state index contributed by atoms with van der Waals surface area (Å²) in [6, 6.07) is 8.05. The second-order valence-corrected chi connectivity index (χ2v) is 4.38. The number of nitrogen functional groups attached to an aromatic ring is 1. The number of para-hydroxylation sites is 1. The standard InChI is InChI=1S/C13H15N7/c1-2-12-17-19-13(20(12)14)18-16-8-9-7-15-11-6-4-3-5-10(9)11/h3-8H,2,14H2,1H3,(H2,15,16,18,19)/p+1. The number of nitrogens with one attached hydrogen (secondary N) is 3. The van der Waals surface area contributed by atoms with Crippen molar-refractivity contribution in [2.45, 2.75) is 13.3 Å². The number of anilines is 1. The summed E-state index contributed by atoms with van der Waals surface area (Å²) >= 11 is 0. The molecule has 0 aliphatic rings. The molecule has 3 rings (SSSR count). The van der Waals surface area contributed by atoms with Crippen LogP contribution in [0.5, 0.6) is 0 Å². The SMILES string of the molecule is CCc1[nH]nc(NN=Cc2c[nH]c3ccccc23)[n+]1N. The topological polar surface area (TPSA) is 98.8 Å². The third-order valence-electron chi connectivity index (χ3n) is 3.13. The van der Waals surface area contributed by atoms with Crippen LogP contribution >= 0.6 is 0 Å².